The van der Waals surface area contributed by atoms with Crippen molar-refractivity contribution in [3.8, 4) is 0 Å². The zero-order valence-corrected chi connectivity index (χ0v) is 10.3. The number of carbonyl (C=O) groups excluding carboxylic acids is 1. The van der Waals surface area contributed by atoms with Gasteiger partial charge < -0.3 is 10.1 Å². The van der Waals surface area contributed by atoms with Crippen LogP contribution >= 0.6 is 0 Å². The van der Waals surface area contributed by atoms with E-state index in [4.69, 9.17) is 4.74 Å². The zero-order chi connectivity index (χ0) is 13.9. The molecule has 100 valence electrons. The van der Waals surface area contributed by atoms with E-state index in [1.165, 1.54) is 7.11 Å². The van der Waals surface area contributed by atoms with Crippen LogP contribution in [0.4, 0.5) is 13.2 Å². The number of hydrogen-bond acceptors (Lipinski definition) is 2. The van der Waals surface area contributed by atoms with Gasteiger partial charge >= 0.3 is 0 Å². The zero-order valence-electron chi connectivity index (χ0n) is 10.3. The van der Waals surface area contributed by atoms with Gasteiger partial charge in [0.05, 0.1) is 12.1 Å². The third-order valence-electron chi connectivity index (χ3n) is 2.20. The Balaban J connectivity index is 2.92. The minimum absolute atomic E-state index is 0.227. The number of nitrogens with one attached hydrogen (secondary N) is 1. The fourth-order valence-electron chi connectivity index (χ4n) is 1.46. The first-order valence-electron chi connectivity index (χ1n) is 5.23. The number of halogens is 3. The quantitative estimate of drug-likeness (QED) is 0.844. The van der Waals surface area contributed by atoms with Crippen LogP contribution in [0.5, 0.6) is 0 Å². The second-order valence-corrected chi connectivity index (χ2v) is 4.52. The first kappa shape index (κ1) is 14.5. The Kier molecular flexibility index (Phi) is 4.34. The third kappa shape index (κ3) is 3.46. The van der Waals surface area contributed by atoms with E-state index in [0.717, 1.165) is 0 Å². The van der Waals surface area contributed by atoms with Crippen LogP contribution in [-0.4, -0.2) is 25.2 Å². The highest BCUT2D eigenvalue weighted by atomic mass is 19.2. The van der Waals surface area contributed by atoms with E-state index in [0.29, 0.717) is 12.1 Å². The summed E-state index contributed by atoms with van der Waals surface area (Å²) in [5, 5.41) is 2.53. The van der Waals surface area contributed by atoms with E-state index in [9.17, 15) is 18.0 Å². The van der Waals surface area contributed by atoms with Crippen LogP contribution in [-0.2, 0) is 4.74 Å². The van der Waals surface area contributed by atoms with Crippen molar-refractivity contribution < 1.29 is 22.7 Å². The van der Waals surface area contributed by atoms with Crippen LogP contribution in [0.25, 0.3) is 0 Å². The van der Waals surface area contributed by atoms with Gasteiger partial charge in [0, 0.05) is 12.7 Å². The van der Waals surface area contributed by atoms with Gasteiger partial charge in [0.2, 0.25) is 0 Å². The van der Waals surface area contributed by atoms with Gasteiger partial charge in [-0.05, 0) is 26.0 Å². The molecule has 0 atom stereocenters. The lowest BCUT2D eigenvalue weighted by Crippen LogP contribution is -2.46. The van der Waals surface area contributed by atoms with E-state index < -0.39 is 28.9 Å². The Morgan fingerprint density at radius 2 is 1.78 bits per heavy atom. The van der Waals surface area contributed by atoms with Gasteiger partial charge in [-0.2, -0.15) is 0 Å². The lowest BCUT2D eigenvalue weighted by atomic mass is 10.1. The maximum Gasteiger partial charge on any atom is 0.251 e. The van der Waals surface area contributed by atoms with Crippen LogP contribution in [0.15, 0.2) is 12.1 Å². The van der Waals surface area contributed by atoms with Crippen molar-refractivity contribution >= 4 is 5.91 Å². The summed E-state index contributed by atoms with van der Waals surface area (Å²) in [7, 11) is 1.46. The first-order chi connectivity index (χ1) is 8.26. The Morgan fingerprint density at radius 1 is 1.28 bits per heavy atom. The Bertz CT molecular complexity index is 438. The summed E-state index contributed by atoms with van der Waals surface area (Å²) in [5.41, 5.74) is -0.983. The topological polar surface area (TPSA) is 38.3 Å². The molecular formula is C12H14F3NO2. The van der Waals surface area contributed by atoms with Crippen molar-refractivity contribution in [2.45, 2.75) is 19.4 Å². The molecule has 0 spiro atoms. The maximum atomic E-state index is 13.0. The molecule has 0 unspecified atom stereocenters. The molecule has 0 heterocycles. The second kappa shape index (κ2) is 5.39. The molecule has 1 N–H and O–H groups in total. The molecule has 0 radical (unpaired) electrons. The molecule has 0 fully saturated rings. The third-order valence-corrected chi connectivity index (χ3v) is 2.20. The molecule has 3 nitrogen and oxygen atoms in total. The van der Waals surface area contributed by atoms with E-state index >= 15 is 0 Å². The molecule has 1 aromatic carbocycles. The van der Waals surface area contributed by atoms with Gasteiger partial charge in [0.25, 0.3) is 5.91 Å². The molecule has 0 aliphatic rings. The normalized spacial score (nSPS) is 11.4. The molecular weight excluding hydrogens is 247 g/mol. The summed E-state index contributed by atoms with van der Waals surface area (Å²) >= 11 is 0. The highest BCUT2D eigenvalue weighted by Gasteiger charge is 2.22. The average Bonchev–Trinajstić information content (AvgIpc) is 2.24. The first-order valence-corrected chi connectivity index (χ1v) is 5.23. The van der Waals surface area contributed by atoms with Crippen molar-refractivity contribution in [1.82, 2.24) is 5.32 Å². The average molecular weight is 261 g/mol. The monoisotopic (exact) mass is 261 g/mol. The molecule has 0 aliphatic heterocycles. The number of amides is 1. The van der Waals surface area contributed by atoms with Crippen molar-refractivity contribution in [3.63, 3.8) is 0 Å². The maximum absolute atomic E-state index is 13.0. The smallest absolute Gasteiger partial charge is 0.251 e. The fraction of sp³-hybridized carbons (Fsp3) is 0.417. The summed E-state index contributed by atoms with van der Waals surface area (Å²) in [6.45, 7) is 3.60. The van der Waals surface area contributed by atoms with E-state index in [-0.39, 0.29) is 12.2 Å². The van der Waals surface area contributed by atoms with Crippen LogP contribution in [0.2, 0.25) is 0 Å². The van der Waals surface area contributed by atoms with Crippen LogP contribution in [0.1, 0.15) is 24.2 Å². The Hall–Kier alpha value is -1.56. The lowest BCUT2D eigenvalue weighted by molar-refractivity contribution is 0.0819. The fourth-order valence-corrected chi connectivity index (χ4v) is 1.46. The molecule has 18 heavy (non-hydrogen) atoms. The number of methoxy groups -OCH3 is 1. The largest absolute Gasteiger partial charge is 0.382 e. The number of rotatable bonds is 4. The molecule has 6 heteroatoms. The van der Waals surface area contributed by atoms with Gasteiger partial charge in [0.15, 0.2) is 17.5 Å². The highest BCUT2D eigenvalue weighted by Crippen LogP contribution is 2.14. The summed E-state index contributed by atoms with van der Waals surface area (Å²) < 4.78 is 43.5. The number of hydrogen-bond donors (Lipinski definition) is 1. The van der Waals surface area contributed by atoms with E-state index in [1.54, 1.807) is 13.8 Å². The molecule has 1 rings (SSSR count). The molecule has 0 saturated carbocycles. The summed E-state index contributed by atoms with van der Waals surface area (Å²) in [4.78, 5) is 11.7. The van der Waals surface area contributed by atoms with Gasteiger partial charge in [-0.3, -0.25) is 4.79 Å². The van der Waals surface area contributed by atoms with E-state index in [2.05, 4.69) is 5.32 Å². The minimum atomic E-state index is -1.59. The van der Waals surface area contributed by atoms with Crippen molar-refractivity contribution in [2.24, 2.45) is 0 Å². The molecule has 1 aromatic rings. The van der Waals surface area contributed by atoms with Gasteiger partial charge in [-0.1, -0.05) is 0 Å². The minimum Gasteiger partial charge on any atom is -0.382 e. The second-order valence-electron chi connectivity index (χ2n) is 4.52. The van der Waals surface area contributed by atoms with Crippen molar-refractivity contribution in [1.29, 1.82) is 0 Å². The summed E-state index contributed by atoms with van der Waals surface area (Å²) in [5.74, 6) is -5.09. The van der Waals surface area contributed by atoms with Crippen LogP contribution in [0, 0.1) is 17.5 Å². The summed E-state index contributed by atoms with van der Waals surface area (Å²) in [6.07, 6.45) is 0. The van der Waals surface area contributed by atoms with Gasteiger partial charge in [-0.25, -0.2) is 13.2 Å². The Morgan fingerprint density at radius 3 is 2.22 bits per heavy atom. The number of benzene rings is 1. The molecule has 0 aromatic heterocycles. The highest BCUT2D eigenvalue weighted by molar-refractivity contribution is 5.94. The van der Waals surface area contributed by atoms with Crippen molar-refractivity contribution in [3.05, 3.63) is 35.1 Å². The number of ether oxygens (including phenoxy) is 1. The molecule has 1 amide bonds. The molecule has 0 saturated heterocycles. The van der Waals surface area contributed by atoms with Crippen LogP contribution < -0.4 is 5.32 Å². The van der Waals surface area contributed by atoms with E-state index in [1.807, 2.05) is 0 Å². The van der Waals surface area contributed by atoms with Crippen LogP contribution in [0.3, 0.4) is 0 Å². The SMILES string of the molecule is COCC(C)(C)NC(=O)c1cc(F)c(F)c(F)c1. The standard InChI is InChI=1S/C12H14F3NO2/c1-12(2,6-18-3)16-11(17)7-4-8(13)10(15)9(14)5-7/h4-5H,6H2,1-3H3,(H,16,17). The van der Waals surface area contributed by atoms with Gasteiger partial charge in [-0.15, -0.1) is 0 Å². The molecule has 0 aliphatic carbocycles. The lowest BCUT2D eigenvalue weighted by Gasteiger charge is -2.25. The summed E-state index contributed by atoms with van der Waals surface area (Å²) in [6, 6.07) is 1.30. The van der Waals surface area contributed by atoms with Gasteiger partial charge in [0.1, 0.15) is 0 Å². The van der Waals surface area contributed by atoms with Crippen molar-refractivity contribution in [2.75, 3.05) is 13.7 Å². The predicted octanol–water partition coefficient (Wildman–Crippen LogP) is 2.26. The predicted molar refractivity (Wildman–Crippen MR) is 59.7 cm³/mol. The Labute approximate surface area is 103 Å². The molecule has 0 bridgehead atoms. The number of carbonyl (C=O) groups is 1.